The lowest BCUT2D eigenvalue weighted by molar-refractivity contribution is -0.112. The van der Waals surface area contributed by atoms with Crippen LogP contribution in [0, 0.1) is 13.8 Å². The van der Waals surface area contributed by atoms with Crippen molar-refractivity contribution in [3.63, 3.8) is 0 Å². The number of carbonyl (C=O) groups is 3. The molecule has 0 aromatic heterocycles. The molecule has 1 aliphatic heterocycles. The first-order valence-corrected chi connectivity index (χ1v) is 10.4. The first kappa shape index (κ1) is 22.1. The summed E-state index contributed by atoms with van der Waals surface area (Å²) in [5.41, 5.74) is 9.71. The Hall–Kier alpha value is -4.10. The Balaban J connectivity index is 1.63. The number of nitrogens with one attached hydrogen (secondary N) is 2. The van der Waals surface area contributed by atoms with Crippen molar-refractivity contribution in [2.45, 2.75) is 13.8 Å². The van der Waals surface area contributed by atoms with Crippen molar-refractivity contribution in [2.75, 3.05) is 4.90 Å². The summed E-state index contributed by atoms with van der Waals surface area (Å²) in [4.78, 5) is 38.6. The van der Waals surface area contributed by atoms with Crippen molar-refractivity contribution in [3.8, 4) is 0 Å². The second-order valence-corrected chi connectivity index (χ2v) is 8.05. The Bertz CT molecular complexity index is 1330. The lowest BCUT2D eigenvalue weighted by Crippen LogP contribution is -2.34. The van der Waals surface area contributed by atoms with Gasteiger partial charge in [0, 0.05) is 22.3 Å². The number of amides is 2. The summed E-state index contributed by atoms with van der Waals surface area (Å²) < 4.78 is 0. The number of anilines is 2. The maximum absolute atomic E-state index is 13.3. The van der Waals surface area contributed by atoms with E-state index < -0.39 is 5.97 Å². The summed E-state index contributed by atoms with van der Waals surface area (Å²) >= 11 is 6.17. The van der Waals surface area contributed by atoms with Gasteiger partial charge in [-0.15, -0.1) is 0 Å². The van der Waals surface area contributed by atoms with Gasteiger partial charge in [0.15, 0.2) is 0 Å². The molecule has 7 nitrogen and oxygen atoms in total. The predicted octanol–water partition coefficient (Wildman–Crippen LogP) is 4.61. The normalized spacial score (nSPS) is 13.7. The fourth-order valence-corrected chi connectivity index (χ4v) is 3.73. The van der Waals surface area contributed by atoms with Crippen LogP contribution < -0.4 is 15.8 Å². The third kappa shape index (κ3) is 4.31. The van der Waals surface area contributed by atoms with Gasteiger partial charge in [0.05, 0.1) is 22.5 Å². The van der Waals surface area contributed by atoms with E-state index in [9.17, 15) is 19.5 Å². The molecule has 0 aliphatic carbocycles. The van der Waals surface area contributed by atoms with E-state index in [-0.39, 0.29) is 17.4 Å². The van der Waals surface area contributed by atoms with Crippen molar-refractivity contribution in [1.29, 1.82) is 0 Å². The van der Waals surface area contributed by atoms with Crippen LogP contribution in [0.4, 0.5) is 11.4 Å². The van der Waals surface area contributed by atoms with E-state index in [1.54, 1.807) is 42.5 Å². The Morgan fingerprint density at radius 3 is 2.48 bits per heavy atom. The molecule has 0 unspecified atom stereocenters. The molecule has 166 valence electrons. The second kappa shape index (κ2) is 8.80. The van der Waals surface area contributed by atoms with Gasteiger partial charge in [0.1, 0.15) is 0 Å². The molecule has 0 spiro atoms. The number of hydrogen-bond donors (Lipinski definition) is 3. The van der Waals surface area contributed by atoms with Crippen molar-refractivity contribution in [1.82, 2.24) is 10.9 Å². The summed E-state index contributed by atoms with van der Waals surface area (Å²) in [6.45, 7) is 3.89. The maximum atomic E-state index is 13.3. The first-order valence-electron chi connectivity index (χ1n) is 10.1. The van der Waals surface area contributed by atoms with Gasteiger partial charge >= 0.3 is 5.97 Å². The molecule has 2 amide bonds. The molecule has 0 radical (unpaired) electrons. The molecule has 33 heavy (non-hydrogen) atoms. The van der Waals surface area contributed by atoms with E-state index >= 15 is 0 Å². The van der Waals surface area contributed by atoms with Gasteiger partial charge in [-0.05, 0) is 67.4 Å². The van der Waals surface area contributed by atoms with Gasteiger partial charge in [-0.2, -0.15) is 0 Å². The van der Waals surface area contributed by atoms with Gasteiger partial charge in [0.2, 0.25) is 0 Å². The Kier molecular flexibility index (Phi) is 5.89. The standard InChI is InChI=1S/C25H20ClN3O4/c1-14-6-7-16(10-15(14)2)23(30)28-27-13-21-20-9-8-18(26)12-22(20)29(24(21)31)19-5-3-4-17(11-19)25(32)33/h3-13,27H,1-2H3,(H,28,30)(H,32,33)/b21-13-. The van der Waals surface area contributed by atoms with Crippen molar-refractivity contribution >= 4 is 46.3 Å². The summed E-state index contributed by atoms with van der Waals surface area (Å²) in [5.74, 6) is -1.83. The van der Waals surface area contributed by atoms with E-state index in [1.165, 1.54) is 23.2 Å². The summed E-state index contributed by atoms with van der Waals surface area (Å²) in [5, 5.41) is 9.75. The Labute approximate surface area is 195 Å². The number of benzene rings is 3. The average Bonchev–Trinajstić information content (AvgIpc) is 3.06. The molecule has 0 bridgehead atoms. The highest BCUT2D eigenvalue weighted by atomic mass is 35.5. The molecule has 0 saturated carbocycles. The zero-order valence-electron chi connectivity index (χ0n) is 17.8. The van der Waals surface area contributed by atoms with Gasteiger partial charge in [-0.3, -0.25) is 19.9 Å². The first-order chi connectivity index (χ1) is 15.8. The van der Waals surface area contributed by atoms with E-state index in [1.807, 2.05) is 19.9 Å². The fraction of sp³-hybridized carbons (Fsp3) is 0.0800. The molecule has 3 aromatic rings. The van der Waals surface area contributed by atoms with Crippen molar-refractivity contribution < 1.29 is 19.5 Å². The second-order valence-electron chi connectivity index (χ2n) is 7.61. The van der Waals surface area contributed by atoms with E-state index in [0.29, 0.717) is 33.1 Å². The van der Waals surface area contributed by atoms with Gasteiger partial charge in [-0.1, -0.05) is 29.8 Å². The van der Waals surface area contributed by atoms with Crippen LogP contribution in [0.15, 0.2) is 66.9 Å². The number of halogens is 1. The summed E-state index contributed by atoms with van der Waals surface area (Å²) in [6.07, 6.45) is 1.41. The van der Waals surface area contributed by atoms with Crippen molar-refractivity contribution in [3.05, 3.63) is 99.7 Å². The lowest BCUT2D eigenvalue weighted by Gasteiger charge is -2.18. The van der Waals surface area contributed by atoms with E-state index in [0.717, 1.165) is 11.1 Å². The molecule has 1 heterocycles. The highest BCUT2D eigenvalue weighted by Gasteiger charge is 2.34. The predicted molar refractivity (Wildman–Crippen MR) is 126 cm³/mol. The number of nitrogens with zero attached hydrogens (tertiary/aromatic N) is 1. The largest absolute Gasteiger partial charge is 0.478 e. The zero-order valence-corrected chi connectivity index (χ0v) is 18.6. The maximum Gasteiger partial charge on any atom is 0.335 e. The third-order valence-electron chi connectivity index (χ3n) is 5.45. The number of rotatable bonds is 5. The van der Waals surface area contributed by atoms with Crippen LogP contribution in [0.1, 0.15) is 37.4 Å². The Morgan fingerprint density at radius 1 is 0.970 bits per heavy atom. The van der Waals surface area contributed by atoms with Crippen LogP contribution in [0.2, 0.25) is 5.02 Å². The lowest BCUT2D eigenvalue weighted by atomic mass is 10.1. The third-order valence-corrected chi connectivity index (χ3v) is 5.68. The van der Waals surface area contributed by atoms with Crippen LogP contribution >= 0.6 is 11.6 Å². The molecule has 0 saturated heterocycles. The molecule has 0 fully saturated rings. The molecule has 3 N–H and O–H groups in total. The number of aryl methyl sites for hydroxylation is 2. The minimum atomic E-state index is -1.10. The highest BCUT2D eigenvalue weighted by Crippen LogP contribution is 2.42. The van der Waals surface area contributed by atoms with Crippen LogP contribution in [0.25, 0.3) is 5.57 Å². The monoisotopic (exact) mass is 461 g/mol. The van der Waals surface area contributed by atoms with Gasteiger partial charge < -0.3 is 10.5 Å². The number of carbonyl (C=O) groups excluding carboxylic acids is 2. The van der Waals surface area contributed by atoms with Gasteiger partial charge in [-0.25, -0.2) is 4.79 Å². The minimum absolute atomic E-state index is 0.0556. The quantitative estimate of drug-likeness (QED) is 0.380. The average molecular weight is 462 g/mol. The summed E-state index contributed by atoms with van der Waals surface area (Å²) in [7, 11) is 0. The van der Waals surface area contributed by atoms with Crippen LogP contribution in [0.5, 0.6) is 0 Å². The number of hydrogen-bond acceptors (Lipinski definition) is 4. The fourth-order valence-electron chi connectivity index (χ4n) is 3.57. The SMILES string of the molecule is Cc1ccc(C(=O)NN/C=C2\C(=O)N(c3cccc(C(=O)O)c3)c3cc(Cl)ccc32)cc1C. The molecule has 8 heteroatoms. The van der Waals surface area contributed by atoms with E-state index in [2.05, 4.69) is 10.9 Å². The molecule has 3 aromatic carbocycles. The van der Waals surface area contributed by atoms with Crippen LogP contribution in [0.3, 0.4) is 0 Å². The molecule has 1 aliphatic rings. The van der Waals surface area contributed by atoms with E-state index in [4.69, 9.17) is 11.6 Å². The molecular weight excluding hydrogens is 442 g/mol. The number of hydrazine groups is 1. The zero-order chi connectivity index (χ0) is 23.7. The summed E-state index contributed by atoms with van der Waals surface area (Å²) in [6, 6.07) is 16.5. The van der Waals surface area contributed by atoms with Crippen LogP contribution in [-0.4, -0.2) is 22.9 Å². The number of carboxylic acid groups (broad SMARTS) is 1. The molecule has 0 atom stereocenters. The van der Waals surface area contributed by atoms with Gasteiger partial charge in [0.25, 0.3) is 11.8 Å². The van der Waals surface area contributed by atoms with Crippen molar-refractivity contribution in [2.24, 2.45) is 0 Å². The van der Waals surface area contributed by atoms with Crippen LogP contribution in [-0.2, 0) is 4.79 Å². The number of fused-ring (bicyclic) bond motifs is 1. The smallest absolute Gasteiger partial charge is 0.335 e. The highest BCUT2D eigenvalue weighted by molar-refractivity contribution is 6.36. The Morgan fingerprint density at radius 2 is 1.76 bits per heavy atom. The number of aromatic carboxylic acids is 1. The minimum Gasteiger partial charge on any atom is -0.478 e. The molecular formula is C25H20ClN3O4. The molecule has 4 rings (SSSR count). The topological polar surface area (TPSA) is 98.7 Å². The number of carboxylic acids is 1.